The van der Waals surface area contributed by atoms with E-state index in [0.717, 1.165) is 4.47 Å². The Morgan fingerprint density at radius 2 is 2.25 bits per heavy atom. The van der Waals surface area contributed by atoms with Crippen LogP contribution in [0.5, 0.6) is 12.0 Å². The number of nitrogens with zero attached hydrogens (tertiary/aromatic N) is 5. The molecular weight excluding hydrogens is 334 g/mol. The highest BCUT2D eigenvalue weighted by atomic mass is 79.9. The van der Waals surface area contributed by atoms with Crippen LogP contribution in [0, 0.1) is 10.1 Å². The molecule has 1 aliphatic rings. The second-order valence-electron chi connectivity index (χ2n) is 4.03. The first-order valence-corrected chi connectivity index (χ1v) is 6.39. The molecule has 0 N–H and O–H groups in total. The van der Waals surface area contributed by atoms with Gasteiger partial charge < -0.3 is 19.6 Å². The smallest absolute Gasteiger partial charge is 0.414 e. The van der Waals surface area contributed by atoms with Gasteiger partial charge in [0.15, 0.2) is 6.10 Å². The van der Waals surface area contributed by atoms with Crippen molar-refractivity contribution in [1.82, 2.24) is 19.5 Å². The third-order valence-electron chi connectivity index (χ3n) is 2.58. The molecule has 10 heteroatoms. The predicted octanol–water partition coefficient (Wildman–Crippen LogP) is 1.18. The van der Waals surface area contributed by atoms with Crippen molar-refractivity contribution in [1.29, 1.82) is 0 Å². The van der Waals surface area contributed by atoms with Crippen molar-refractivity contribution in [3.8, 4) is 12.0 Å². The number of imidazole rings is 1. The molecule has 3 heterocycles. The van der Waals surface area contributed by atoms with E-state index in [0.29, 0.717) is 6.54 Å². The molecule has 0 amide bonds. The Morgan fingerprint density at radius 3 is 2.95 bits per heavy atom. The van der Waals surface area contributed by atoms with E-state index in [4.69, 9.17) is 9.47 Å². The number of hydrogen-bond acceptors (Lipinski definition) is 7. The van der Waals surface area contributed by atoms with Crippen molar-refractivity contribution >= 4 is 21.7 Å². The van der Waals surface area contributed by atoms with Crippen LogP contribution < -0.4 is 9.47 Å². The molecule has 2 aromatic rings. The molecule has 0 aromatic carbocycles. The number of nitro groups is 1. The normalized spacial score (nSPS) is 17.1. The molecule has 0 radical (unpaired) electrons. The summed E-state index contributed by atoms with van der Waals surface area (Å²) in [6.07, 6.45) is 4.12. The molecule has 3 rings (SSSR count). The van der Waals surface area contributed by atoms with Crippen LogP contribution in [0.4, 0.5) is 5.82 Å². The van der Waals surface area contributed by atoms with Gasteiger partial charge in [0.1, 0.15) is 12.8 Å². The van der Waals surface area contributed by atoms with Crippen molar-refractivity contribution in [3.05, 3.63) is 33.2 Å². The number of ether oxygens (including phenoxy) is 2. The van der Waals surface area contributed by atoms with Gasteiger partial charge in [-0.2, -0.15) is 0 Å². The maximum Gasteiger partial charge on any atom is 0.414 e. The van der Waals surface area contributed by atoms with Gasteiger partial charge in [-0.3, -0.25) is 4.57 Å². The van der Waals surface area contributed by atoms with Gasteiger partial charge in [0, 0.05) is 17.4 Å². The van der Waals surface area contributed by atoms with E-state index < -0.39 is 4.92 Å². The van der Waals surface area contributed by atoms with Crippen LogP contribution in [0.25, 0.3) is 0 Å². The second-order valence-corrected chi connectivity index (χ2v) is 4.94. The van der Waals surface area contributed by atoms with Crippen LogP contribution >= 0.6 is 15.9 Å². The first kappa shape index (κ1) is 12.8. The molecule has 0 saturated carbocycles. The van der Waals surface area contributed by atoms with Gasteiger partial charge in [-0.25, -0.2) is 9.97 Å². The summed E-state index contributed by atoms with van der Waals surface area (Å²) in [7, 11) is 0. The highest BCUT2D eigenvalue weighted by Crippen LogP contribution is 2.22. The van der Waals surface area contributed by atoms with Crippen LogP contribution in [0.1, 0.15) is 0 Å². The second kappa shape index (κ2) is 5.04. The van der Waals surface area contributed by atoms with Gasteiger partial charge in [0.25, 0.3) is 0 Å². The Labute approximate surface area is 120 Å². The summed E-state index contributed by atoms with van der Waals surface area (Å²) in [6.45, 7) is 0.614. The monoisotopic (exact) mass is 341 g/mol. The third-order valence-corrected chi connectivity index (χ3v) is 2.99. The third kappa shape index (κ3) is 2.54. The number of aromatic nitrogens is 4. The summed E-state index contributed by atoms with van der Waals surface area (Å²) in [5, 5.41) is 10.6. The van der Waals surface area contributed by atoms with Gasteiger partial charge in [-0.15, -0.1) is 0 Å². The summed E-state index contributed by atoms with van der Waals surface area (Å²) < 4.78 is 13.2. The SMILES string of the molecule is O=[N+]([O-])c1cn2c(n1)OC[C@@H](Oc1ncc(Br)cn1)C2. The molecule has 0 aliphatic carbocycles. The fraction of sp³-hybridized carbons (Fsp3) is 0.300. The van der Waals surface area contributed by atoms with Crippen molar-refractivity contribution in [2.75, 3.05) is 6.61 Å². The van der Waals surface area contributed by atoms with Crippen LogP contribution in [-0.4, -0.2) is 37.2 Å². The fourth-order valence-electron chi connectivity index (χ4n) is 1.74. The minimum absolute atomic E-state index is 0.216. The minimum atomic E-state index is -0.567. The number of fused-ring (bicyclic) bond motifs is 1. The van der Waals surface area contributed by atoms with Crippen LogP contribution in [0.3, 0.4) is 0 Å². The molecule has 104 valence electrons. The van der Waals surface area contributed by atoms with E-state index in [1.54, 1.807) is 12.4 Å². The molecule has 0 fully saturated rings. The Kier molecular flexibility index (Phi) is 3.22. The highest BCUT2D eigenvalue weighted by Gasteiger charge is 2.29. The topological polar surface area (TPSA) is 105 Å². The van der Waals surface area contributed by atoms with Gasteiger partial charge in [0.05, 0.1) is 11.0 Å². The van der Waals surface area contributed by atoms with E-state index in [9.17, 15) is 10.1 Å². The molecule has 0 spiro atoms. The Morgan fingerprint density at radius 1 is 1.50 bits per heavy atom. The lowest BCUT2D eigenvalue weighted by molar-refractivity contribution is -0.389. The zero-order valence-corrected chi connectivity index (χ0v) is 11.6. The quantitative estimate of drug-likeness (QED) is 0.609. The molecule has 0 unspecified atom stereocenters. The van der Waals surface area contributed by atoms with Crippen molar-refractivity contribution < 1.29 is 14.4 Å². The number of rotatable bonds is 3. The zero-order valence-electron chi connectivity index (χ0n) is 9.97. The molecule has 20 heavy (non-hydrogen) atoms. The first-order chi connectivity index (χ1) is 9.61. The first-order valence-electron chi connectivity index (χ1n) is 5.60. The van der Waals surface area contributed by atoms with E-state index in [1.807, 2.05) is 0 Å². The highest BCUT2D eigenvalue weighted by molar-refractivity contribution is 9.10. The van der Waals surface area contributed by atoms with Crippen LogP contribution in [-0.2, 0) is 6.54 Å². The summed E-state index contributed by atoms with van der Waals surface area (Å²) in [4.78, 5) is 21.8. The molecule has 0 saturated heterocycles. The van der Waals surface area contributed by atoms with Crippen molar-refractivity contribution in [2.24, 2.45) is 0 Å². The lowest BCUT2D eigenvalue weighted by Gasteiger charge is -2.21. The number of halogens is 1. The Hall–Kier alpha value is -2.23. The lowest BCUT2D eigenvalue weighted by Crippen LogP contribution is -2.34. The fourth-order valence-corrected chi connectivity index (χ4v) is 1.95. The van der Waals surface area contributed by atoms with Gasteiger partial charge in [0.2, 0.25) is 0 Å². The largest absolute Gasteiger partial charge is 0.455 e. The van der Waals surface area contributed by atoms with Gasteiger partial charge in [-0.05, 0) is 20.9 Å². The molecule has 9 nitrogen and oxygen atoms in total. The Bertz CT molecular complexity index is 644. The van der Waals surface area contributed by atoms with Crippen molar-refractivity contribution in [3.63, 3.8) is 0 Å². The van der Waals surface area contributed by atoms with Gasteiger partial charge >= 0.3 is 17.8 Å². The van der Waals surface area contributed by atoms with Crippen molar-refractivity contribution in [2.45, 2.75) is 12.6 Å². The standard InChI is InChI=1S/C10H8BrN5O4/c11-6-1-12-9(13-2-6)20-7-3-15-4-8(16(17)18)14-10(15)19-5-7/h1-2,4,7H,3,5H2/t7-/m0/s1. The molecular formula is C10H8BrN5O4. The summed E-state index contributed by atoms with van der Waals surface area (Å²) >= 11 is 3.23. The Balaban J connectivity index is 1.72. The molecule has 1 atom stereocenters. The maximum absolute atomic E-state index is 10.6. The average molecular weight is 342 g/mol. The van der Waals surface area contributed by atoms with Crippen LogP contribution in [0.2, 0.25) is 0 Å². The summed E-state index contributed by atoms with van der Waals surface area (Å²) in [6, 6.07) is 0.438. The number of hydrogen-bond donors (Lipinski definition) is 0. The van der Waals surface area contributed by atoms with E-state index >= 15 is 0 Å². The van der Waals surface area contributed by atoms with Crippen LogP contribution in [0.15, 0.2) is 23.1 Å². The molecule has 0 bridgehead atoms. The van der Waals surface area contributed by atoms with E-state index in [1.165, 1.54) is 10.8 Å². The summed E-state index contributed by atoms with van der Waals surface area (Å²) in [5.41, 5.74) is 0. The average Bonchev–Trinajstić information content (AvgIpc) is 2.85. The van der Waals surface area contributed by atoms with E-state index in [-0.39, 0.29) is 30.5 Å². The summed E-state index contributed by atoms with van der Waals surface area (Å²) in [5.74, 6) is -0.249. The molecule has 1 aliphatic heterocycles. The van der Waals surface area contributed by atoms with Gasteiger partial charge in [-0.1, -0.05) is 0 Å². The minimum Gasteiger partial charge on any atom is -0.455 e. The lowest BCUT2D eigenvalue weighted by atomic mass is 10.3. The zero-order chi connectivity index (χ0) is 14.1. The maximum atomic E-state index is 10.6. The molecule has 2 aromatic heterocycles. The van der Waals surface area contributed by atoms with E-state index in [2.05, 4.69) is 30.9 Å². The predicted molar refractivity (Wildman–Crippen MR) is 68.5 cm³/mol.